The highest BCUT2D eigenvalue weighted by atomic mass is 32.2. The van der Waals surface area contributed by atoms with Crippen LogP contribution in [0.5, 0.6) is 0 Å². The van der Waals surface area contributed by atoms with Crippen molar-refractivity contribution in [2.24, 2.45) is 0 Å². The lowest BCUT2D eigenvalue weighted by Gasteiger charge is -2.16. The fraction of sp³-hybridized carbons (Fsp3) is 0.0769. The molecule has 0 spiro atoms. The van der Waals surface area contributed by atoms with Crippen LogP contribution in [-0.2, 0) is 10.0 Å². The lowest BCUT2D eigenvalue weighted by Crippen LogP contribution is -2.10. The third-order valence-electron chi connectivity index (χ3n) is 8.72. The topological polar surface area (TPSA) is 140 Å². The molecule has 4 aromatic carbocycles. The standard InChI is InChI=1S/C39H30FN7O2S2/c1-21-5-4-6-24(11-21)38-29(8-10-35(41)45-38)25-14-32(39-34(16-25)50-20-43-39)31-15-26(12-22(2)36(31)40)37-30(17-28(19-42-37)47-51(3,48)49)23-7-9-33-27(13-23)18-44-46-33/h4-20,47H,1-3H3,(H2,41,45)(H,44,46). The molecule has 0 saturated heterocycles. The first-order valence-electron chi connectivity index (χ1n) is 15.9. The van der Waals surface area contributed by atoms with Crippen molar-refractivity contribution in [3.8, 4) is 55.9 Å². The third kappa shape index (κ3) is 6.19. The average Bonchev–Trinajstić information content (AvgIpc) is 3.78. The number of aromatic amines is 1. The molecule has 0 unspecified atom stereocenters. The molecule has 0 aliphatic carbocycles. The maximum Gasteiger partial charge on any atom is 0.229 e. The minimum Gasteiger partial charge on any atom is -0.384 e. The molecule has 12 heteroatoms. The van der Waals surface area contributed by atoms with Gasteiger partial charge in [-0.1, -0.05) is 29.8 Å². The van der Waals surface area contributed by atoms with Crippen LogP contribution in [0.4, 0.5) is 15.9 Å². The molecule has 4 heterocycles. The summed E-state index contributed by atoms with van der Waals surface area (Å²) in [7, 11) is -3.57. The fourth-order valence-electron chi connectivity index (χ4n) is 6.44. The molecule has 0 saturated carbocycles. The Balaban J connectivity index is 1.33. The second-order valence-electron chi connectivity index (χ2n) is 12.5. The number of nitrogens with zero attached hydrogens (tertiary/aromatic N) is 4. The molecule has 51 heavy (non-hydrogen) atoms. The predicted octanol–water partition coefficient (Wildman–Crippen LogP) is 9.01. The summed E-state index contributed by atoms with van der Waals surface area (Å²) >= 11 is 1.48. The second kappa shape index (κ2) is 12.4. The van der Waals surface area contributed by atoms with E-state index in [9.17, 15) is 8.42 Å². The van der Waals surface area contributed by atoms with Gasteiger partial charge >= 0.3 is 0 Å². The number of hydrogen-bond donors (Lipinski definition) is 3. The van der Waals surface area contributed by atoms with Gasteiger partial charge < -0.3 is 5.73 Å². The number of pyridine rings is 2. The van der Waals surface area contributed by atoms with Gasteiger partial charge in [0.15, 0.2) is 0 Å². The molecule has 0 atom stereocenters. The quantitative estimate of drug-likeness (QED) is 0.150. The molecule has 0 radical (unpaired) electrons. The molecular weight excluding hydrogens is 682 g/mol. The summed E-state index contributed by atoms with van der Waals surface area (Å²) in [4.78, 5) is 14.2. The van der Waals surface area contributed by atoms with Gasteiger partial charge in [0.25, 0.3) is 0 Å². The van der Waals surface area contributed by atoms with E-state index in [1.54, 1.807) is 42.9 Å². The molecule has 0 bridgehead atoms. The van der Waals surface area contributed by atoms with E-state index >= 15 is 4.39 Å². The van der Waals surface area contributed by atoms with E-state index in [1.165, 1.54) is 17.5 Å². The number of aryl methyl sites for hydroxylation is 2. The van der Waals surface area contributed by atoms with Crippen molar-refractivity contribution in [2.45, 2.75) is 13.8 Å². The van der Waals surface area contributed by atoms with E-state index in [0.717, 1.165) is 55.4 Å². The summed E-state index contributed by atoms with van der Waals surface area (Å²) in [6, 6.07) is 26.9. The number of benzene rings is 4. The van der Waals surface area contributed by atoms with Gasteiger partial charge in [0.2, 0.25) is 10.0 Å². The van der Waals surface area contributed by atoms with Crippen LogP contribution in [-0.4, -0.2) is 39.8 Å². The van der Waals surface area contributed by atoms with Gasteiger partial charge in [0.1, 0.15) is 11.6 Å². The van der Waals surface area contributed by atoms with Crippen molar-refractivity contribution in [3.05, 3.63) is 120 Å². The third-order valence-corrected chi connectivity index (χ3v) is 10.1. The summed E-state index contributed by atoms with van der Waals surface area (Å²) in [5.74, 6) is 0.0213. The number of nitrogens with one attached hydrogen (secondary N) is 2. The van der Waals surface area contributed by atoms with Crippen LogP contribution in [0.3, 0.4) is 0 Å². The Kier molecular flexibility index (Phi) is 7.85. The van der Waals surface area contributed by atoms with Gasteiger partial charge in [-0.25, -0.2) is 22.8 Å². The van der Waals surface area contributed by atoms with E-state index in [1.807, 2.05) is 55.5 Å². The SMILES string of the molecule is Cc1cccc(-c2nc(N)ccc2-c2cc(-c3cc(-c4ncc(NS(C)(=O)=O)cc4-c4ccc5[nH]ncc5c4)cc(C)c3F)c3ncsc3c2)c1. The highest BCUT2D eigenvalue weighted by Gasteiger charge is 2.21. The van der Waals surface area contributed by atoms with Gasteiger partial charge in [-0.05, 0) is 91.2 Å². The van der Waals surface area contributed by atoms with Gasteiger partial charge in [-0.15, -0.1) is 11.3 Å². The Morgan fingerprint density at radius 1 is 0.784 bits per heavy atom. The number of thiazole rings is 1. The number of nitrogen functional groups attached to an aromatic ring is 1. The molecule has 252 valence electrons. The number of sulfonamides is 1. The van der Waals surface area contributed by atoms with Crippen molar-refractivity contribution in [1.82, 2.24) is 25.1 Å². The molecule has 0 aliphatic heterocycles. The summed E-state index contributed by atoms with van der Waals surface area (Å²) in [5.41, 5.74) is 18.3. The summed E-state index contributed by atoms with van der Waals surface area (Å²) in [5, 5.41) is 7.97. The number of hydrogen-bond acceptors (Lipinski definition) is 8. The normalized spacial score (nSPS) is 11.8. The number of halogens is 1. The number of H-pyrrole nitrogens is 1. The maximum atomic E-state index is 16.4. The van der Waals surface area contributed by atoms with Crippen LogP contribution < -0.4 is 10.5 Å². The largest absolute Gasteiger partial charge is 0.384 e. The van der Waals surface area contributed by atoms with Crippen LogP contribution in [0.1, 0.15) is 11.1 Å². The fourth-order valence-corrected chi connectivity index (χ4v) is 7.73. The number of fused-ring (bicyclic) bond motifs is 2. The van der Waals surface area contributed by atoms with Crippen LogP contribution in [0, 0.1) is 19.7 Å². The highest BCUT2D eigenvalue weighted by molar-refractivity contribution is 7.92. The molecule has 0 aliphatic rings. The van der Waals surface area contributed by atoms with Crippen LogP contribution >= 0.6 is 11.3 Å². The van der Waals surface area contributed by atoms with E-state index < -0.39 is 10.0 Å². The molecule has 9 nitrogen and oxygen atoms in total. The first-order chi connectivity index (χ1) is 24.5. The average molecular weight is 712 g/mol. The smallest absolute Gasteiger partial charge is 0.229 e. The second-order valence-corrected chi connectivity index (χ2v) is 15.2. The van der Waals surface area contributed by atoms with Crippen molar-refractivity contribution in [3.63, 3.8) is 0 Å². The van der Waals surface area contributed by atoms with Crippen molar-refractivity contribution in [2.75, 3.05) is 16.7 Å². The molecule has 4 aromatic heterocycles. The molecular formula is C39H30FN7O2S2. The van der Waals surface area contributed by atoms with Gasteiger partial charge in [-0.2, -0.15) is 5.10 Å². The monoisotopic (exact) mass is 711 g/mol. The zero-order valence-electron chi connectivity index (χ0n) is 27.7. The van der Waals surface area contributed by atoms with Crippen molar-refractivity contribution < 1.29 is 12.8 Å². The Bertz CT molecular complexity index is 2780. The molecule has 8 rings (SSSR count). The number of nitrogens with two attached hydrogens (primary N) is 1. The first kappa shape index (κ1) is 32.2. The maximum absolute atomic E-state index is 16.4. The van der Waals surface area contributed by atoms with Gasteiger partial charge in [0.05, 0.1) is 57.0 Å². The van der Waals surface area contributed by atoms with Crippen LogP contribution in [0.15, 0.2) is 103 Å². The Morgan fingerprint density at radius 2 is 1.63 bits per heavy atom. The van der Waals surface area contributed by atoms with E-state index in [2.05, 4.69) is 32.0 Å². The zero-order chi connectivity index (χ0) is 35.4. The molecule has 8 aromatic rings. The van der Waals surface area contributed by atoms with E-state index in [0.29, 0.717) is 50.5 Å². The number of anilines is 2. The number of aromatic nitrogens is 5. The minimum atomic E-state index is -3.57. The zero-order valence-corrected chi connectivity index (χ0v) is 29.3. The summed E-state index contributed by atoms with van der Waals surface area (Å²) < 4.78 is 44.2. The van der Waals surface area contributed by atoms with Crippen LogP contribution in [0.2, 0.25) is 0 Å². The molecule has 0 fully saturated rings. The Labute approximate surface area is 297 Å². The van der Waals surface area contributed by atoms with Crippen molar-refractivity contribution >= 4 is 54.0 Å². The van der Waals surface area contributed by atoms with E-state index in [4.69, 9.17) is 15.7 Å². The molecule has 0 amide bonds. The lowest BCUT2D eigenvalue weighted by molar-refractivity contribution is 0.606. The number of rotatable bonds is 7. The lowest BCUT2D eigenvalue weighted by atomic mass is 9.91. The highest BCUT2D eigenvalue weighted by Crippen LogP contribution is 2.42. The van der Waals surface area contributed by atoms with Gasteiger partial charge in [-0.3, -0.25) is 14.8 Å². The molecule has 4 N–H and O–H groups in total. The van der Waals surface area contributed by atoms with E-state index in [-0.39, 0.29) is 5.82 Å². The van der Waals surface area contributed by atoms with Crippen molar-refractivity contribution in [1.29, 1.82) is 0 Å². The Morgan fingerprint density at radius 3 is 2.45 bits per heavy atom. The summed E-state index contributed by atoms with van der Waals surface area (Å²) in [6.45, 7) is 3.75. The predicted molar refractivity (Wildman–Crippen MR) is 204 cm³/mol. The van der Waals surface area contributed by atoms with Crippen LogP contribution in [0.25, 0.3) is 77.0 Å². The first-order valence-corrected chi connectivity index (χ1v) is 18.7. The Hall–Kier alpha value is -5.98. The minimum absolute atomic E-state index is 0.306. The van der Waals surface area contributed by atoms with Gasteiger partial charge in [0, 0.05) is 38.8 Å². The summed E-state index contributed by atoms with van der Waals surface area (Å²) in [6.07, 6.45) is 4.28.